The van der Waals surface area contributed by atoms with Gasteiger partial charge in [-0.25, -0.2) is 12.8 Å². The molecule has 0 heterocycles. The summed E-state index contributed by atoms with van der Waals surface area (Å²) < 4.78 is 43.0. The van der Waals surface area contributed by atoms with Gasteiger partial charge >= 0.3 is 0 Å². The van der Waals surface area contributed by atoms with Crippen molar-refractivity contribution in [2.24, 2.45) is 0 Å². The third kappa shape index (κ3) is 9.15. The molecule has 0 aromatic heterocycles. The maximum atomic E-state index is 14.4. The van der Waals surface area contributed by atoms with Gasteiger partial charge in [-0.05, 0) is 87.4 Å². The molecule has 4 aromatic rings. The second-order valence-corrected chi connectivity index (χ2v) is 14.2. The highest BCUT2D eigenvalue weighted by Crippen LogP contribution is 2.27. The van der Waals surface area contributed by atoms with Crippen LogP contribution in [0.15, 0.2) is 108 Å². The van der Waals surface area contributed by atoms with Crippen molar-refractivity contribution in [1.29, 1.82) is 0 Å². The number of carbonyl (C=O) groups excluding carboxylic acids is 2. The molecule has 0 aliphatic heterocycles. The van der Waals surface area contributed by atoms with E-state index in [1.54, 1.807) is 24.3 Å². The number of nitrogens with zero attached hydrogens (tertiary/aromatic N) is 2. The molecule has 7 nitrogen and oxygen atoms in total. The van der Waals surface area contributed by atoms with Gasteiger partial charge in [-0.1, -0.05) is 71.8 Å². The highest BCUT2D eigenvalue weighted by molar-refractivity contribution is 7.92. The van der Waals surface area contributed by atoms with E-state index in [4.69, 9.17) is 11.6 Å². The zero-order chi connectivity index (χ0) is 32.8. The summed E-state index contributed by atoms with van der Waals surface area (Å²) in [5, 5.41) is 3.38. The monoisotopic (exact) mass is 649 g/mol. The smallest absolute Gasteiger partial charge is 0.264 e. The van der Waals surface area contributed by atoms with Gasteiger partial charge in [0.2, 0.25) is 11.8 Å². The molecule has 1 N–H and O–H groups in total. The Labute approximate surface area is 269 Å². The molecule has 2 amide bonds. The Hall–Kier alpha value is -4.21. The van der Waals surface area contributed by atoms with Crippen LogP contribution in [0, 0.1) is 12.7 Å². The maximum absolute atomic E-state index is 14.4. The van der Waals surface area contributed by atoms with Crippen LogP contribution in [0.2, 0.25) is 5.02 Å². The average Bonchev–Trinajstić information content (AvgIpc) is 2.99. The molecule has 10 heteroatoms. The summed E-state index contributed by atoms with van der Waals surface area (Å²) in [7, 11) is -4.23. The molecular weight excluding hydrogens is 613 g/mol. The molecule has 0 bridgehead atoms. The molecule has 0 aliphatic rings. The Morgan fingerprint density at radius 1 is 0.844 bits per heavy atom. The van der Waals surface area contributed by atoms with Crippen LogP contribution < -0.4 is 9.62 Å². The average molecular weight is 650 g/mol. The van der Waals surface area contributed by atoms with Gasteiger partial charge in [0.25, 0.3) is 10.0 Å². The molecule has 0 unspecified atom stereocenters. The fraction of sp³-hybridized carbons (Fsp3) is 0.257. The molecule has 0 saturated carbocycles. The predicted molar refractivity (Wildman–Crippen MR) is 176 cm³/mol. The molecule has 236 valence electrons. The Kier molecular flexibility index (Phi) is 10.7. The number of amides is 2. The molecule has 1 atom stereocenters. The van der Waals surface area contributed by atoms with Crippen LogP contribution in [0.25, 0.3) is 0 Å². The number of sulfonamides is 1. The van der Waals surface area contributed by atoms with E-state index in [0.717, 1.165) is 15.4 Å². The van der Waals surface area contributed by atoms with Gasteiger partial charge in [-0.15, -0.1) is 0 Å². The number of benzene rings is 4. The lowest BCUT2D eigenvalue weighted by Crippen LogP contribution is -2.56. The topological polar surface area (TPSA) is 86.8 Å². The van der Waals surface area contributed by atoms with Crippen LogP contribution in [0.4, 0.5) is 10.1 Å². The van der Waals surface area contributed by atoms with Crippen LogP contribution in [0.3, 0.4) is 0 Å². The van der Waals surface area contributed by atoms with Crippen LogP contribution in [0.5, 0.6) is 0 Å². The van der Waals surface area contributed by atoms with E-state index in [2.05, 4.69) is 5.32 Å². The lowest BCUT2D eigenvalue weighted by Gasteiger charge is -2.35. The molecule has 0 fully saturated rings. The zero-order valence-corrected chi connectivity index (χ0v) is 27.3. The summed E-state index contributed by atoms with van der Waals surface area (Å²) in [5.74, 6) is -1.46. The minimum absolute atomic E-state index is 0.00671. The second-order valence-electron chi connectivity index (χ2n) is 11.9. The number of nitrogens with one attached hydrogen (secondary N) is 1. The van der Waals surface area contributed by atoms with Crippen LogP contribution in [0.1, 0.15) is 37.5 Å². The minimum atomic E-state index is -4.23. The van der Waals surface area contributed by atoms with E-state index in [0.29, 0.717) is 10.6 Å². The minimum Gasteiger partial charge on any atom is -0.350 e. The largest absolute Gasteiger partial charge is 0.350 e. The van der Waals surface area contributed by atoms with Crippen LogP contribution in [-0.2, 0) is 32.6 Å². The molecule has 4 rings (SSSR count). The number of aryl methyl sites for hydroxylation is 1. The molecule has 0 aliphatic carbocycles. The lowest BCUT2D eigenvalue weighted by molar-refractivity contribution is -0.140. The normalized spacial score (nSPS) is 12.3. The van der Waals surface area contributed by atoms with Crippen molar-refractivity contribution in [3.05, 3.63) is 131 Å². The number of rotatable bonds is 11. The van der Waals surface area contributed by atoms with E-state index < -0.39 is 45.8 Å². The Balaban J connectivity index is 1.81. The third-order valence-electron chi connectivity index (χ3n) is 7.04. The first-order valence-electron chi connectivity index (χ1n) is 14.5. The summed E-state index contributed by atoms with van der Waals surface area (Å²) in [4.78, 5) is 29.7. The number of anilines is 1. The summed E-state index contributed by atoms with van der Waals surface area (Å²) in [5.41, 5.74) is 1.88. The van der Waals surface area contributed by atoms with Crippen molar-refractivity contribution in [3.8, 4) is 0 Å². The van der Waals surface area contributed by atoms with Crippen LogP contribution >= 0.6 is 11.6 Å². The highest BCUT2D eigenvalue weighted by Gasteiger charge is 2.35. The van der Waals surface area contributed by atoms with Gasteiger partial charge in [0, 0.05) is 23.5 Å². The van der Waals surface area contributed by atoms with Gasteiger partial charge < -0.3 is 10.2 Å². The van der Waals surface area contributed by atoms with Crippen molar-refractivity contribution in [2.45, 2.75) is 57.1 Å². The summed E-state index contributed by atoms with van der Waals surface area (Å²) >= 11 is 6.11. The summed E-state index contributed by atoms with van der Waals surface area (Å²) in [6.07, 6.45) is 0.168. The van der Waals surface area contributed by atoms with Gasteiger partial charge in [-0.2, -0.15) is 0 Å². The van der Waals surface area contributed by atoms with E-state index in [1.807, 2.05) is 58.0 Å². The predicted octanol–water partition coefficient (Wildman–Crippen LogP) is 6.54. The number of carbonyl (C=O) groups is 2. The third-order valence-corrected chi connectivity index (χ3v) is 9.08. The molecule has 0 spiro atoms. The molecular formula is C35H37ClFN3O4S. The van der Waals surface area contributed by atoms with Crippen LogP contribution in [-0.4, -0.2) is 43.3 Å². The zero-order valence-electron chi connectivity index (χ0n) is 25.7. The molecule has 0 saturated heterocycles. The standard InChI is InChI=1S/C35H37ClFN3O4S/c1-25-10-20-31(21-11-25)45(43,44)40(30-18-14-28(36)15-19-30)24-33(41)39(23-27-12-16-29(37)17-13-27)32(34(42)38-35(2,3)4)22-26-8-6-5-7-9-26/h5-21,32H,22-24H2,1-4H3,(H,38,42)/t32-/m1/s1. The van der Waals surface area contributed by atoms with Crippen molar-refractivity contribution in [2.75, 3.05) is 10.8 Å². The van der Waals surface area contributed by atoms with E-state index >= 15 is 0 Å². The van der Waals surface area contributed by atoms with Crippen molar-refractivity contribution < 1.29 is 22.4 Å². The van der Waals surface area contributed by atoms with Gasteiger partial charge in [-0.3, -0.25) is 13.9 Å². The maximum Gasteiger partial charge on any atom is 0.264 e. The number of hydrogen-bond donors (Lipinski definition) is 1. The van der Waals surface area contributed by atoms with E-state index in [9.17, 15) is 22.4 Å². The first kappa shape index (κ1) is 33.7. The van der Waals surface area contributed by atoms with Gasteiger partial charge in [0.05, 0.1) is 10.6 Å². The van der Waals surface area contributed by atoms with Gasteiger partial charge in [0.15, 0.2) is 0 Å². The SMILES string of the molecule is Cc1ccc(S(=O)(=O)N(CC(=O)N(Cc2ccc(F)cc2)[C@H](Cc2ccccc2)C(=O)NC(C)(C)C)c2ccc(Cl)cc2)cc1. The first-order chi connectivity index (χ1) is 21.2. The number of hydrogen-bond acceptors (Lipinski definition) is 4. The Morgan fingerprint density at radius 2 is 1.44 bits per heavy atom. The van der Waals surface area contributed by atoms with Gasteiger partial charge in [0.1, 0.15) is 18.4 Å². The van der Waals surface area contributed by atoms with E-state index in [-0.39, 0.29) is 23.5 Å². The quantitative estimate of drug-likeness (QED) is 0.200. The Morgan fingerprint density at radius 3 is 2.02 bits per heavy atom. The fourth-order valence-electron chi connectivity index (χ4n) is 4.77. The second kappa shape index (κ2) is 14.3. The highest BCUT2D eigenvalue weighted by atomic mass is 35.5. The number of halogens is 2. The fourth-order valence-corrected chi connectivity index (χ4v) is 6.31. The van der Waals surface area contributed by atoms with E-state index in [1.165, 1.54) is 53.4 Å². The molecule has 45 heavy (non-hydrogen) atoms. The first-order valence-corrected chi connectivity index (χ1v) is 16.3. The van der Waals surface area contributed by atoms with Crippen molar-refractivity contribution >= 4 is 39.1 Å². The van der Waals surface area contributed by atoms with Crippen molar-refractivity contribution in [3.63, 3.8) is 0 Å². The Bertz CT molecular complexity index is 1710. The summed E-state index contributed by atoms with van der Waals surface area (Å²) in [6.45, 7) is 6.70. The molecule has 0 radical (unpaired) electrons. The molecule has 4 aromatic carbocycles. The summed E-state index contributed by atoms with van der Waals surface area (Å²) in [6, 6.07) is 26.4. The van der Waals surface area contributed by atoms with Crippen molar-refractivity contribution in [1.82, 2.24) is 10.2 Å². The lowest BCUT2D eigenvalue weighted by atomic mass is 10.0.